The van der Waals surface area contributed by atoms with Gasteiger partial charge in [0.2, 0.25) is 0 Å². The average Bonchev–Trinajstić information content (AvgIpc) is 2.88. The van der Waals surface area contributed by atoms with Gasteiger partial charge >= 0.3 is 0 Å². The molecule has 0 aliphatic carbocycles. The van der Waals surface area contributed by atoms with Crippen molar-refractivity contribution >= 4 is 21.4 Å². The Bertz CT molecular complexity index is 551. The second-order valence-corrected chi connectivity index (χ2v) is 4.06. The Morgan fingerprint density at radius 3 is 3.07 bits per heavy atom. The zero-order chi connectivity index (χ0) is 9.38. The lowest BCUT2D eigenvalue weighted by Gasteiger charge is -1.96. The number of nitrogens with zero attached hydrogens (tertiary/aromatic N) is 1. The smallest absolute Gasteiger partial charge is 0.137 e. The van der Waals surface area contributed by atoms with Crippen molar-refractivity contribution in [3.63, 3.8) is 0 Å². The number of benzene rings is 1. The molecule has 0 aliphatic rings. The Morgan fingerprint density at radius 1 is 1.21 bits per heavy atom. The highest BCUT2D eigenvalue weighted by Gasteiger charge is 2.01. The number of rotatable bonds is 1. The highest BCUT2D eigenvalue weighted by atomic mass is 32.1. The van der Waals surface area contributed by atoms with Crippen molar-refractivity contribution < 1.29 is 0 Å². The first kappa shape index (κ1) is 7.76. The molecule has 2 nitrogen and oxygen atoms in total. The number of hydrogen-bond donors (Lipinski definition) is 1. The van der Waals surface area contributed by atoms with Crippen molar-refractivity contribution in [1.82, 2.24) is 9.97 Å². The van der Waals surface area contributed by atoms with E-state index in [4.69, 9.17) is 0 Å². The van der Waals surface area contributed by atoms with Crippen LogP contribution in [0, 0.1) is 0 Å². The third kappa shape index (κ3) is 1.14. The van der Waals surface area contributed by atoms with Gasteiger partial charge in [-0.2, -0.15) is 0 Å². The van der Waals surface area contributed by atoms with Crippen LogP contribution in [0.3, 0.4) is 0 Å². The molecule has 0 aliphatic heterocycles. The normalized spacial score (nSPS) is 10.9. The lowest BCUT2D eigenvalue weighted by atomic mass is 10.2. The first-order valence-corrected chi connectivity index (χ1v) is 5.28. The standard InChI is InChI=1S/C11H8N2S/c1-2-9(11-12-4-5-13-11)7-10-8(1)3-6-14-10/h1-7H,(H,12,13). The van der Waals surface area contributed by atoms with Gasteiger partial charge in [0.15, 0.2) is 0 Å². The molecule has 1 aromatic carbocycles. The van der Waals surface area contributed by atoms with Gasteiger partial charge in [0.25, 0.3) is 0 Å². The summed E-state index contributed by atoms with van der Waals surface area (Å²) in [5.74, 6) is 0.931. The number of aromatic nitrogens is 2. The SMILES string of the molecule is c1c[nH]c(-c2ccc3ccsc3c2)n1. The molecule has 0 radical (unpaired) electrons. The maximum atomic E-state index is 4.23. The molecule has 0 amide bonds. The minimum Gasteiger partial charge on any atom is -0.345 e. The van der Waals surface area contributed by atoms with E-state index in [0.717, 1.165) is 11.4 Å². The molecule has 0 atom stereocenters. The Kier molecular flexibility index (Phi) is 1.64. The van der Waals surface area contributed by atoms with E-state index in [1.54, 1.807) is 17.5 Å². The number of fused-ring (bicyclic) bond motifs is 1. The van der Waals surface area contributed by atoms with Crippen LogP contribution >= 0.6 is 11.3 Å². The van der Waals surface area contributed by atoms with Crippen molar-refractivity contribution in [2.45, 2.75) is 0 Å². The Hall–Kier alpha value is -1.61. The Balaban J connectivity index is 2.23. The van der Waals surface area contributed by atoms with Gasteiger partial charge < -0.3 is 4.98 Å². The largest absolute Gasteiger partial charge is 0.345 e. The van der Waals surface area contributed by atoms with Crippen LogP contribution in [0.25, 0.3) is 21.5 Å². The number of nitrogens with one attached hydrogen (secondary N) is 1. The summed E-state index contributed by atoms with van der Waals surface area (Å²) in [5.41, 5.74) is 1.14. The second-order valence-electron chi connectivity index (χ2n) is 3.11. The first-order chi connectivity index (χ1) is 6.93. The van der Waals surface area contributed by atoms with E-state index >= 15 is 0 Å². The Morgan fingerprint density at radius 2 is 2.21 bits per heavy atom. The number of thiophene rings is 1. The van der Waals surface area contributed by atoms with E-state index < -0.39 is 0 Å². The van der Waals surface area contributed by atoms with E-state index in [2.05, 4.69) is 39.6 Å². The quantitative estimate of drug-likeness (QED) is 0.641. The van der Waals surface area contributed by atoms with Crippen molar-refractivity contribution in [2.24, 2.45) is 0 Å². The molecule has 3 rings (SSSR count). The van der Waals surface area contributed by atoms with E-state index in [1.807, 2.05) is 6.20 Å². The molecule has 3 heteroatoms. The van der Waals surface area contributed by atoms with E-state index in [-0.39, 0.29) is 0 Å². The molecule has 0 saturated carbocycles. The van der Waals surface area contributed by atoms with Gasteiger partial charge in [0, 0.05) is 22.7 Å². The van der Waals surface area contributed by atoms with Crippen molar-refractivity contribution in [3.05, 3.63) is 42.0 Å². The topological polar surface area (TPSA) is 28.7 Å². The fraction of sp³-hybridized carbons (Fsp3) is 0. The summed E-state index contributed by atoms with van der Waals surface area (Å²) < 4.78 is 1.30. The van der Waals surface area contributed by atoms with Crippen molar-refractivity contribution in [2.75, 3.05) is 0 Å². The van der Waals surface area contributed by atoms with Crippen LogP contribution in [-0.2, 0) is 0 Å². The molecule has 0 unspecified atom stereocenters. The first-order valence-electron chi connectivity index (χ1n) is 4.40. The molecular formula is C11H8N2S. The molecule has 3 aromatic rings. The maximum absolute atomic E-state index is 4.23. The summed E-state index contributed by atoms with van der Waals surface area (Å²) in [6.07, 6.45) is 3.61. The van der Waals surface area contributed by atoms with Gasteiger partial charge in [-0.1, -0.05) is 12.1 Å². The molecule has 68 valence electrons. The van der Waals surface area contributed by atoms with Gasteiger partial charge in [-0.15, -0.1) is 11.3 Å². The fourth-order valence-electron chi connectivity index (χ4n) is 1.53. The summed E-state index contributed by atoms with van der Waals surface area (Å²) in [6.45, 7) is 0. The van der Waals surface area contributed by atoms with E-state index in [0.29, 0.717) is 0 Å². The molecule has 2 heterocycles. The van der Waals surface area contributed by atoms with Crippen LogP contribution in [0.15, 0.2) is 42.0 Å². The third-order valence-corrected chi connectivity index (χ3v) is 3.11. The van der Waals surface area contributed by atoms with Crippen LogP contribution in [-0.4, -0.2) is 9.97 Å². The zero-order valence-electron chi connectivity index (χ0n) is 7.40. The third-order valence-electron chi connectivity index (χ3n) is 2.23. The molecule has 0 spiro atoms. The predicted molar refractivity (Wildman–Crippen MR) is 59.4 cm³/mol. The summed E-state index contributed by atoms with van der Waals surface area (Å²) in [7, 11) is 0. The Labute approximate surface area is 85.2 Å². The van der Waals surface area contributed by atoms with Gasteiger partial charge in [0.1, 0.15) is 5.82 Å². The zero-order valence-corrected chi connectivity index (χ0v) is 8.21. The maximum Gasteiger partial charge on any atom is 0.137 e. The predicted octanol–water partition coefficient (Wildman–Crippen LogP) is 3.29. The van der Waals surface area contributed by atoms with Gasteiger partial charge in [0.05, 0.1) is 0 Å². The molecule has 14 heavy (non-hydrogen) atoms. The number of hydrogen-bond acceptors (Lipinski definition) is 2. The molecule has 0 bridgehead atoms. The van der Waals surface area contributed by atoms with Gasteiger partial charge in [-0.3, -0.25) is 0 Å². The van der Waals surface area contributed by atoms with Crippen LogP contribution in [0.5, 0.6) is 0 Å². The molecular weight excluding hydrogens is 192 g/mol. The van der Waals surface area contributed by atoms with Crippen LogP contribution in [0.2, 0.25) is 0 Å². The number of aromatic amines is 1. The summed E-state index contributed by atoms with van der Waals surface area (Å²) >= 11 is 1.76. The monoisotopic (exact) mass is 200 g/mol. The second kappa shape index (κ2) is 2.96. The summed E-state index contributed by atoms with van der Waals surface area (Å²) in [4.78, 5) is 7.33. The molecule has 1 N–H and O–H groups in total. The number of H-pyrrole nitrogens is 1. The van der Waals surface area contributed by atoms with Crippen molar-refractivity contribution in [3.8, 4) is 11.4 Å². The van der Waals surface area contributed by atoms with Crippen LogP contribution in [0.1, 0.15) is 0 Å². The summed E-state index contributed by atoms with van der Waals surface area (Å²) in [5, 5.41) is 3.40. The van der Waals surface area contributed by atoms with Gasteiger partial charge in [-0.25, -0.2) is 4.98 Å². The van der Waals surface area contributed by atoms with E-state index in [9.17, 15) is 0 Å². The number of imidazole rings is 1. The molecule has 0 saturated heterocycles. The highest BCUT2D eigenvalue weighted by molar-refractivity contribution is 7.17. The minimum atomic E-state index is 0.931. The highest BCUT2D eigenvalue weighted by Crippen LogP contribution is 2.25. The van der Waals surface area contributed by atoms with Crippen molar-refractivity contribution in [1.29, 1.82) is 0 Å². The molecule has 2 aromatic heterocycles. The fourth-order valence-corrected chi connectivity index (χ4v) is 2.35. The van der Waals surface area contributed by atoms with E-state index in [1.165, 1.54) is 10.1 Å². The van der Waals surface area contributed by atoms with Crippen LogP contribution in [0.4, 0.5) is 0 Å². The van der Waals surface area contributed by atoms with Gasteiger partial charge in [-0.05, 0) is 22.9 Å². The summed E-state index contributed by atoms with van der Waals surface area (Å²) in [6, 6.07) is 8.52. The average molecular weight is 200 g/mol. The van der Waals surface area contributed by atoms with Crippen LogP contribution < -0.4 is 0 Å². The lowest BCUT2D eigenvalue weighted by molar-refractivity contribution is 1.31. The molecule has 0 fully saturated rings. The lowest BCUT2D eigenvalue weighted by Crippen LogP contribution is -1.78. The minimum absolute atomic E-state index is 0.931.